The smallest absolute Gasteiger partial charge is 0.241 e. The van der Waals surface area contributed by atoms with Crippen molar-refractivity contribution in [1.29, 1.82) is 0 Å². The molecular weight excluding hydrogens is 162 g/mol. The largest absolute Gasteiger partial charge is 0.259 e. The molecule has 0 bridgehead atoms. The summed E-state index contributed by atoms with van der Waals surface area (Å²) < 4.78 is 25.1. The lowest BCUT2D eigenvalue weighted by Crippen LogP contribution is -1.99. The van der Waals surface area contributed by atoms with Gasteiger partial charge in [0, 0.05) is 18.3 Å². The second-order valence-corrected chi connectivity index (χ2v) is 3.07. The Balaban J connectivity index is 2.26. The molecule has 1 fully saturated rings. The van der Waals surface area contributed by atoms with Crippen molar-refractivity contribution >= 4 is 0 Å². The fraction of sp³-hybridized carbons (Fsp3) is 0.500. The Morgan fingerprint density at radius 1 is 1.58 bits per heavy atom. The van der Waals surface area contributed by atoms with E-state index in [1.165, 1.54) is 6.20 Å². The van der Waals surface area contributed by atoms with Gasteiger partial charge < -0.3 is 0 Å². The molecule has 2 nitrogen and oxygen atoms in total. The van der Waals surface area contributed by atoms with Gasteiger partial charge in [-0.3, -0.25) is 0 Å². The van der Waals surface area contributed by atoms with Crippen molar-refractivity contribution in [3.05, 3.63) is 23.8 Å². The molecule has 2 rings (SSSR count). The minimum atomic E-state index is -2.56. The first-order chi connectivity index (χ1) is 5.59. The number of aryl methyl sites for hydroxylation is 1. The minimum Gasteiger partial charge on any atom is -0.241 e. The molecule has 0 aromatic carbocycles. The number of rotatable bonds is 1. The first kappa shape index (κ1) is 7.58. The zero-order chi connectivity index (χ0) is 8.77. The van der Waals surface area contributed by atoms with Gasteiger partial charge in [-0.1, -0.05) is 0 Å². The molecule has 1 aromatic heterocycles. The van der Waals surface area contributed by atoms with E-state index in [0.29, 0.717) is 0 Å². The fourth-order valence-electron chi connectivity index (χ4n) is 1.13. The van der Waals surface area contributed by atoms with E-state index >= 15 is 0 Å². The predicted octanol–water partition coefficient (Wildman–Crippen LogP) is 1.91. The lowest BCUT2D eigenvalue weighted by molar-refractivity contribution is 0.111. The summed E-state index contributed by atoms with van der Waals surface area (Å²) in [7, 11) is 0. The number of alkyl halides is 2. The molecule has 0 spiro atoms. The highest BCUT2D eigenvalue weighted by Gasteiger charge is 2.59. The molecular formula is C8H8F2N2. The minimum absolute atomic E-state index is 0.101. The Morgan fingerprint density at radius 2 is 2.25 bits per heavy atom. The number of nitrogens with zero attached hydrogens (tertiary/aromatic N) is 2. The molecule has 12 heavy (non-hydrogen) atoms. The highest BCUT2D eigenvalue weighted by atomic mass is 19.3. The van der Waals surface area contributed by atoms with E-state index in [4.69, 9.17) is 0 Å². The molecule has 0 saturated heterocycles. The van der Waals surface area contributed by atoms with Gasteiger partial charge >= 0.3 is 0 Å². The van der Waals surface area contributed by atoms with E-state index in [1.54, 1.807) is 13.0 Å². The van der Waals surface area contributed by atoms with Crippen molar-refractivity contribution in [3.63, 3.8) is 0 Å². The maximum absolute atomic E-state index is 12.5. The van der Waals surface area contributed by atoms with Crippen LogP contribution in [-0.2, 0) is 0 Å². The Hall–Kier alpha value is -1.06. The van der Waals surface area contributed by atoms with Crippen molar-refractivity contribution < 1.29 is 8.78 Å². The van der Waals surface area contributed by atoms with Crippen LogP contribution in [-0.4, -0.2) is 15.9 Å². The van der Waals surface area contributed by atoms with Gasteiger partial charge in [-0.05, 0) is 13.0 Å². The Bertz CT molecular complexity index is 312. The third kappa shape index (κ3) is 1.17. The number of hydrogen-bond donors (Lipinski definition) is 0. The third-order valence-corrected chi connectivity index (χ3v) is 1.95. The summed E-state index contributed by atoms with van der Waals surface area (Å²) >= 11 is 0. The Kier molecular flexibility index (Phi) is 1.40. The van der Waals surface area contributed by atoms with Crippen LogP contribution in [0.3, 0.4) is 0 Å². The van der Waals surface area contributed by atoms with Gasteiger partial charge in [0.05, 0.1) is 5.92 Å². The number of aromatic nitrogens is 2. The van der Waals surface area contributed by atoms with Crippen LogP contribution in [0, 0.1) is 6.92 Å². The van der Waals surface area contributed by atoms with E-state index < -0.39 is 11.8 Å². The maximum Gasteiger partial charge on any atom is 0.259 e. The molecule has 1 heterocycles. The van der Waals surface area contributed by atoms with Gasteiger partial charge in [-0.25, -0.2) is 18.7 Å². The fourth-order valence-corrected chi connectivity index (χ4v) is 1.13. The topological polar surface area (TPSA) is 25.8 Å². The average molecular weight is 170 g/mol. The molecule has 64 valence electrons. The van der Waals surface area contributed by atoms with E-state index in [9.17, 15) is 8.78 Å². The van der Waals surface area contributed by atoms with Gasteiger partial charge in [0.25, 0.3) is 5.92 Å². The van der Waals surface area contributed by atoms with Crippen LogP contribution in [0.1, 0.15) is 23.9 Å². The van der Waals surface area contributed by atoms with Gasteiger partial charge in [0.2, 0.25) is 0 Å². The molecule has 0 aliphatic heterocycles. The molecule has 0 unspecified atom stereocenters. The van der Waals surface area contributed by atoms with E-state index in [1.807, 2.05) is 0 Å². The van der Waals surface area contributed by atoms with Crippen molar-refractivity contribution in [2.75, 3.05) is 0 Å². The van der Waals surface area contributed by atoms with Crippen LogP contribution in [0.2, 0.25) is 0 Å². The molecule has 1 saturated carbocycles. The normalized spacial score (nSPS) is 25.4. The lowest BCUT2D eigenvalue weighted by Gasteiger charge is -1.97. The molecule has 1 aromatic rings. The summed E-state index contributed by atoms with van der Waals surface area (Å²) in [6.07, 6.45) is 1.42. The van der Waals surface area contributed by atoms with Gasteiger partial charge in [0.15, 0.2) is 0 Å². The van der Waals surface area contributed by atoms with Gasteiger partial charge in [-0.15, -0.1) is 0 Å². The van der Waals surface area contributed by atoms with Crippen LogP contribution in [0.15, 0.2) is 12.3 Å². The molecule has 0 amide bonds. The van der Waals surface area contributed by atoms with E-state index in [0.717, 1.165) is 5.69 Å². The summed E-state index contributed by atoms with van der Waals surface area (Å²) in [6, 6.07) is 1.70. The molecule has 1 aliphatic rings. The molecule has 1 aliphatic carbocycles. The molecule has 0 N–H and O–H groups in total. The summed E-state index contributed by atoms with van der Waals surface area (Å²) in [5, 5.41) is 0. The van der Waals surface area contributed by atoms with Crippen LogP contribution in [0.4, 0.5) is 8.78 Å². The van der Waals surface area contributed by atoms with E-state index in [2.05, 4.69) is 9.97 Å². The monoisotopic (exact) mass is 170 g/mol. The molecule has 4 heteroatoms. The second kappa shape index (κ2) is 2.21. The zero-order valence-electron chi connectivity index (χ0n) is 6.59. The van der Waals surface area contributed by atoms with Crippen LogP contribution in [0.25, 0.3) is 0 Å². The number of hydrogen-bond acceptors (Lipinski definition) is 2. The summed E-state index contributed by atoms with van der Waals surface area (Å²) in [5.41, 5.74) is 0.739. The second-order valence-electron chi connectivity index (χ2n) is 3.07. The van der Waals surface area contributed by atoms with Gasteiger partial charge in [-0.2, -0.15) is 0 Å². The zero-order valence-corrected chi connectivity index (χ0v) is 6.59. The van der Waals surface area contributed by atoms with Crippen molar-refractivity contribution in [1.82, 2.24) is 9.97 Å². The first-order valence-electron chi connectivity index (χ1n) is 3.77. The van der Waals surface area contributed by atoms with Crippen LogP contribution < -0.4 is 0 Å². The van der Waals surface area contributed by atoms with Crippen molar-refractivity contribution in [2.45, 2.75) is 25.2 Å². The van der Waals surface area contributed by atoms with E-state index in [-0.39, 0.29) is 12.2 Å². The van der Waals surface area contributed by atoms with Gasteiger partial charge in [0.1, 0.15) is 5.82 Å². The summed E-state index contributed by atoms with van der Waals surface area (Å²) in [5.74, 6) is -3.02. The SMILES string of the molecule is Cc1ccnc([C@@H]2CC2(F)F)n1. The first-order valence-corrected chi connectivity index (χ1v) is 3.77. The highest BCUT2D eigenvalue weighted by molar-refractivity contribution is 5.17. The molecule has 0 radical (unpaired) electrons. The highest BCUT2D eigenvalue weighted by Crippen LogP contribution is 2.54. The summed E-state index contributed by atoms with van der Waals surface area (Å²) in [6.45, 7) is 1.77. The Labute approximate surface area is 68.7 Å². The quantitative estimate of drug-likeness (QED) is 0.643. The average Bonchev–Trinajstić information content (AvgIpc) is 2.60. The summed E-state index contributed by atoms with van der Waals surface area (Å²) in [4.78, 5) is 7.75. The lowest BCUT2D eigenvalue weighted by atomic mass is 10.3. The van der Waals surface area contributed by atoms with Crippen molar-refractivity contribution in [3.8, 4) is 0 Å². The van der Waals surface area contributed by atoms with Crippen LogP contribution in [0.5, 0.6) is 0 Å². The third-order valence-electron chi connectivity index (χ3n) is 1.95. The van der Waals surface area contributed by atoms with Crippen LogP contribution >= 0.6 is 0 Å². The predicted molar refractivity (Wildman–Crippen MR) is 39.1 cm³/mol. The van der Waals surface area contributed by atoms with Crippen molar-refractivity contribution in [2.24, 2.45) is 0 Å². The standard InChI is InChI=1S/C8H8F2N2/c1-5-2-3-11-7(12-5)6-4-8(6,9)10/h2-3,6H,4H2,1H3/t6-/m0/s1. The number of halogens is 2. The molecule has 1 atom stereocenters. The maximum atomic E-state index is 12.5. The Morgan fingerprint density at radius 3 is 2.75 bits per heavy atom.